The Morgan fingerprint density at radius 1 is 1.34 bits per heavy atom. The molecular formula is C18H18N4O5S2. The van der Waals surface area contributed by atoms with Crippen molar-refractivity contribution in [2.45, 2.75) is 24.3 Å². The van der Waals surface area contributed by atoms with Crippen molar-refractivity contribution in [3.05, 3.63) is 41.6 Å². The van der Waals surface area contributed by atoms with Gasteiger partial charge < -0.3 is 14.2 Å². The van der Waals surface area contributed by atoms with E-state index in [-0.39, 0.29) is 23.2 Å². The number of carbonyl (C=O) groups is 1. The molecule has 3 heterocycles. The van der Waals surface area contributed by atoms with Gasteiger partial charge in [0.15, 0.2) is 0 Å². The van der Waals surface area contributed by atoms with Crippen molar-refractivity contribution >= 4 is 33.0 Å². The van der Waals surface area contributed by atoms with Gasteiger partial charge in [0.1, 0.15) is 5.75 Å². The molecule has 0 atom stereocenters. The normalized spacial score (nSPS) is 14.5. The number of sulfonamides is 1. The van der Waals surface area contributed by atoms with Gasteiger partial charge in [-0.3, -0.25) is 4.79 Å². The van der Waals surface area contributed by atoms with Crippen LogP contribution < -0.4 is 14.4 Å². The second-order valence-electron chi connectivity index (χ2n) is 6.30. The van der Waals surface area contributed by atoms with E-state index in [1.807, 2.05) is 17.5 Å². The Kier molecular flexibility index (Phi) is 5.35. The van der Waals surface area contributed by atoms with Crippen LogP contribution in [0.5, 0.6) is 5.75 Å². The van der Waals surface area contributed by atoms with Gasteiger partial charge in [0.05, 0.1) is 29.1 Å². The van der Waals surface area contributed by atoms with Crippen LogP contribution in [0.3, 0.4) is 0 Å². The van der Waals surface area contributed by atoms with Crippen LogP contribution in [-0.4, -0.2) is 38.1 Å². The standard InChI is InChI=1S/C18H18N4O5S2/c1-26-14-7-6-12(10-13(14)22-8-2-5-17(22)23)29(24,25)19-11-16-20-18(21-27-16)15-4-3-9-28-15/h3-4,6-7,9-10,19H,2,5,8,11H2,1H3. The summed E-state index contributed by atoms with van der Waals surface area (Å²) in [6.45, 7) is 0.379. The summed E-state index contributed by atoms with van der Waals surface area (Å²) in [6, 6.07) is 8.12. The van der Waals surface area contributed by atoms with E-state index in [0.29, 0.717) is 30.2 Å². The number of carbonyl (C=O) groups excluding carboxylic acids is 1. The third kappa shape index (κ3) is 4.02. The first kappa shape index (κ1) is 19.6. The number of nitrogens with zero attached hydrogens (tertiary/aromatic N) is 3. The second-order valence-corrected chi connectivity index (χ2v) is 9.01. The lowest BCUT2D eigenvalue weighted by molar-refractivity contribution is -0.117. The van der Waals surface area contributed by atoms with E-state index >= 15 is 0 Å². The molecule has 0 aliphatic carbocycles. The molecule has 2 aromatic heterocycles. The Bertz CT molecular complexity index is 1130. The predicted octanol–water partition coefficient (Wildman–Crippen LogP) is 2.41. The minimum Gasteiger partial charge on any atom is -0.495 e. The molecule has 29 heavy (non-hydrogen) atoms. The molecule has 0 bridgehead atoms. The van der Waals surface area contributed by atoms with Crippen LogP contribution in [-0.2, 0) is 21.4 Å². The summed E-state index contributed by atoms with van der Waals surface area (Å²) in [5.74, 6) is 0.948. The van der Waals surface area contributed by atoms with Gasteiger partial charge in [-0.05, 0) is 36.1 Å². The van der Waals surface area contributed by atoms with Crippen LogP contribution in [0.4, 0.5) is 5.69 Å². The molecule has 0 unspecified atom stereocenters. The maximum Gasteiger partial charge on any atom is 0.242 e. The Hall–Kier alpha value is -2.76. The smallest absolute Gasteiger partial charge is 0.242 e. The van der Waals surface area contributed by atoms with Crippen LogP contribution >= 0.6 is 11.3 Å². The van der Waals surface area contributed by atoms with Crippen molar-refractivity contribution in [3.63, 3.8) is 0 Å². The van der Waals surface area contributed by atoms with Crippen molar-refractivity contribution < 1.29 is 22.5 Å². The van der Waals surface area contributed by atoms with E-state index in [9.17, 15) is 13.2 Å². The van der Waals surface area contributed by atoms with Crippen LogP contribution in [0.2, 0.25) is 0 Å². The fourth-order valence-electron chi connectivity index (χ4n) is 3.02. The van der Waals surface area contributed by atoms with E-state index in [0.717, 1.165) is 11.3 Å². The minimum atomic E-state index is -3.87. The lowest BCUT2D eigenvalue weighted by atomic mass is 10.2. The van der Waals surface area contributed by atoms with E-state index in [2.05, 4.69) is 14.9 Å². The number of anilines is 1. The number of methoxy groups -OCH3 is 1. The third-order valence-corrected chi connectivity index (χ3v) is 6.71. The molecule has 1 N–H and O–H groups in total. The van der Waals surface area contributed by atoms with Gasteiger partial charge in [0, 0.05) is 13.0 Å². The maximum absolute atomic E-state index is 12.7. The number of thiophene rings is 1. The maximum atomic E-state index is 12.7. The number of hydrogen-bond acceptors (Lipinski definition) is 8. The molecule has 1 aliphatic rings. The predicted molar refractivity (Wildman–Crippen MR) is 106 cm³/mol. The average Bonchev–Trinajstić information content (AvgIpc) is 3.47. The van der Waals surface area contributed by atoms with Crippen molar-refractivity contribution in [1.29, 1.82) is 0 Å². The molecule has 4 rings (SSSR count). The number of rotatable bonds is 7. The molecule has 1 aromatic carbocycles. The summed E-state index contributed by atoms with van der Waals surface area (Å²) >= 11 is 1.46. The molecule has 11 heteroatoms. The summed E-state index contributed by atoms with van der Waals surface area (Å²) in [5.41, 5.74) is 0.440. The van der Waals surface area contributed by atoms with Crippen LogP contribution in [0.25, 0.3) is 10.7 Å². The van der Waals surface area contributed by atoms with Gasteiger partial charge >= 0.3 is 0 Å². The second kappa shape index (κ2) is 7.93. The summed E-state index contributed by atoms with van der Waals surface area (Å²) < 4.78 is 38.4. The highest BCUT2D eigenvalue weighted by Gasteiger charge is 2.26. The molecule has 1 saturated heterocycles. The first-order valence-corrected chi connectivity index (χ1v) is 11.2. The summed E-state index contributed by atoms with van der Waals surface area (Å²) in [6.07, 6.45) is 1.16. The van der Waals surface area contributed by atoms with E-state index in [1.54, 1.807) is 4.90 Å². The number of benzene rings is 1. The molecule has 1 aliphatic heterocycles. The van der Waals surface area contributed by atoms with Crippen molar-refractivity contribution in [2.24, 2.45) is 0 Å². The number of amides is 1. The van der Waals surface area contributed by atoms with E-state index in [4.69, 9.17) is 9.26 Å². The zero-order valence-corrected chi connectivity index (χ0v) is 17.1. The zero-order chi connectivity index (χ0) is 20.4. The highest BCUT2D eigenvalue weighted by molar-refractivity contribution is 7.89. The number of hydrogen-bond donors (Lipinski definition) is 1. The first-order chi connectivity index (χ1) is 14.0. The van der Waals surface area contributed by atoms with Crippen molar-refractivity contribution in [2.75, 3.05) is 18.6 Å². The number of ether oxygens (including phenoxy) is 1. The molecule has 0 radical (unpaired) electrons. The van der Waals surface area contributed by atoms with Gasteiger partial charge in [-0.1, -0.05) is 11.2 Å². The molecular weight excluding hydrogens is 416 g/mol. The van der Waals surface area contributed by atoms with Gasteiger partial charge in [-0.2, -0.15) is 4.98 Å². The van der Waals surface area contributed by atoms with Crippen molar-refractivity contribution in [3.8, 4) is 16.5 Å². The summed E-state index contributed by atoms with van der Waals surface area (Å²) in [4.78, 5) is 18.7. The van der Waals surface area contributed by atoms with Crippen LogP contribution in [0.1, 0.15) is 18.7 Å². The molecule has 152 valence electrons. The Labute approximate surface area is 171 Å². The lowest BCUT2D eigenvalue weighted by Gasteiger charge is -2.20. The molecule has 0 saturated carbocycles. The minimum absolute atomic E-state index is 0.0194. The highest BCUT2D eigenvalue weighted by Crippen LogP contribution is 2.33. The largest absolute Gasteiger partial charge is 0.495 e. The SMILES string of the molecule is COc1ccc(S(=O)(=O)NCc2nc(-c3cccs3)no2)cc1N1CCCC1=O. The van der Waals surface area contributed by atoms with Gasteiger partial charge in [0.25, 0.3) is 0 Å². The van der Waals surface area contributed by atoms with Crippen molar-refractivity contribution in [1.82, 2.24) is 14.9 Å². The number of nitrogens with one attached hydrogen (secondary N) is 1. The molecule has 3 aromatic rings. The van der Waals surface area contributed by atoms with Crippen LogP contribution in [0.15, 0.2) is 45.1 Å². The van der Waals surface area contributed by atoms with Crippen LogP contribution in [0, 0.1) is 0 Å². The zero-order valence-electron chi connectivity index (χ0n) is 15.5. The van der Waals surface area contributed by atoms with E-state index < -0.39 is 10.0 Å². The Morgan fingerprint density at radius 2 is 2.21 bits per heavy atom. The van der Waals surface area contributed by atoms with Gasteiger partial charge in [-0.15, -0.1) is 11.3 Å². The third-order valence-electron chi connectivity index (χ3n) is 4.45. The highest BCUT2D eigenvalue weighted by atomic mass is 32.2. The summed E-state index contributed by atoms with van der Waals surface area (Å²) in [7, 11) is -2.39. The Morgan fingerprint density at radius 3 is 2.90 bits per heavy atom. The Balaban J connectivity index is 1.53. The fourth-order valence-corrected chi connectivity index (χ4v) is 4.67. The quantitative estimate of drug-likeness (QED) is 0.607. The monoisotopic (exact) mass is 434 g/mol. The topological polar surface area (TPSA) is 115 Å². The van der Waals surface area contributed by atoms with E-state index in [1.165, 1.54) is 36.6 Å². The molecule has 1 fully saturated rings. The number of aromatic nitrogens is 2. The molecule has 0 spiro atoms. The molecule has 9 nitrogen and oxygen atoms in total. The van der Waals surface area contributed by atoms with Gasteiger partial charge in [0.2, 0.25) is 27.6 Å². The van der Waals surface area contributed by atoms with Gasteiger partial charge in [-0.25, -0.2) is 13.1 Å². The first-order valence-electron chi connectivity index (χ1n) is 8.82. The summed E-state index contributed by atoms with van der Waals surface area (Å²) in [5, 5.41) is 5.75. The average molecular weight is 434 g/mol. The molecule has 1 amide bonds. The fraction of sp³-hybridized carbons (Fsp3) is 0.278. The lowest BCUT2D eigenvalue weighted by Crippen LogP contribution is -2.26.